The minimum Gasteiger partial charge on any atom is -0.444 e. The van der Waals surface area contributed by atoms with Crippen molar-refractivity contribution in [3.05, 3.63) is 59.6 Å². The van der Waals surface area contributed by atoms with E-state index in [9.17, 15) is 18.4 Å². The standard InChI is InChI=1S/C24H27F2N5O3/c1-15-13-31-14-16(11-19(26)21(31)27-15)22(32)28-20-6-5-17(12-18(20)25)29-7-9-30(10-8-29)23(33)34-24(2,3)4/h5-6,11-14H,7-10H2,1-4H3,(H,28,32). The molecule has 4 rings (SSSR count). The van der Waals surface area contributed by atoms with Gasteiger partial charge in [0.1, 0.15) is 11.4 Å². The molecular formula is C24H27F2N5O3. The van der Waals surface area contributed by atoms with E-state index in [1.807, 2.05) is 25.7 Å². The predicted octanol–water partition coefficient (Wildman–Crippen LogP) is 4.23. The lowest BCUT2D eigenvalue weighted by Gasteiger charge is -2.36. The second-order valence-corrected chi connectivity index (χ2v) is 9.26. The molecule has 1 saturated heterocycles. The molecule has 3 heterocycles. The van der Waals surface area contributed by atoms with Gasteiger partial charge in [-0.15, -0.1) is 0 Å². The molecule has 0 atom stereocenters. The number of hydrogen-bond acceptors (Lipinski definition) is 5. The first-order chi connectivity index (χ1) is 16.0. The Morgan fingerprint density at radius 1 is 1.03 bits per heavy atom. The number of hydrogen-bond donors (Lipinski definition) is 1. The molecule has 0 spiro atoms. The Morgan fingerprint density at radius 2 is 1.74 bits per heavy atom. The van der Waals surface area contributed by atoms with Crippen LogP contribution in [0.15, 0.2) is 36.7 Å². The first kappa shape index (κ1) is 23.5. The molecule has 1 aliphatic rings. The molecule has 1 aromatic carbocycles. The van der Waals surface area contributed by atoms with Gasteiger partial charge in [0.05, 0.1) is 16.9 Å². The Morgan fingerprint density at radius 3 is 2.38 bits per heavy atom. The van der Waals surface area contributed by atoms with Crippen LogP contribution in [0, 0.1) is 18.6 Å². The number of halogens is 2. The van der Waals surface area contributed by atoms with Gasteiger partial charge >= 0.3 is 6.09 Å². The number of rotatable bonds is 3. The van der Waals surface area contributed by atoms with Crippen LogP contribution in [-0.4, -0.2) is 58.1 Å². The number of amides is 2. The van der Waals surface area contributed by atoms with Crippen molar-refractivity contribution in [2.24, 2.45) is 0 Å². The molecule has 2 amide bonds. The SMILES string of the molecule is Cc1cn2cc(C(=O)Nc3ccc(N4CCN(C(=O)OC(C)(C)C)CC4)cc3F)cc(F)c2n1. The molecule has 2 aromatic heterocycles. The Hall–Kier alpha value is -3.69. The van der Waals surface area contributed by atoms with Crippen LogP contribution in [-0.2, 0) is 4.74 Å². The van der Waals surface area contributed by atoms with Crippen molar-refractivity contribution < 1.29 is 23.1 Å². The number of ether oxygens (including phenoxy) is 1. The zero-order valence-electron chi connectivity index (χ0n) is 19.6. The molecule has 0 saturated carbocycles. The van der Waals surface area contributed by atoms with E-state index in [-0.39, 0.29) is 23.0 Å². The van der Waals surface area contributed by atoms with Gasteiger partial charge in [-0.25, -0.2) is 18.6 Å². The lowest BCUT2D eigenvalue weighted by molar-refractivity contribution is 0.0240. The molecule has 0 bridgehead atoms. The largest absolute Gasteiger partial charge is 0.444 e. The highest BCUT2D eigenvalue weighted by Crippen LogP contribution is 2.24. The summed E-state index contributed by atoms with van der Waals surface area (Å²) in [5.41, 5.74) is 0.849. The predicted molar refractivity (Wildman–Crippen MR) is 124 cm³/mol. The number of aromatic nitrogens is 2. The third-order valence-corrected chi connectivity index (χ3v) is 5.39. The fraction of sp³-hybridized carbons (Fsp3) is 0.375. The monoisotopic (exact) mass is 471 g/mol. The van der Waals surface area contributed by atoms with E-state index in [4.69, 9.17) is 4.74 Å². The van der Waals surface area contributed by atoms with Gasteiger partial charge in [-0.3, -0.25) is 4.79 Å². The van der Waals surface area contributed by atoms with Crippen LogP contribution in [0.5, 0.6) is 0 Å². The summed E-state index contributed by atoms with van der Waals surface area (Å²) in [5.74, 6) is -1.88. The van der Waals surface area contributed by atoms with Gasteiger partial charge in [0.25, 0.3) is 5.91 Å². The van der Waals surface area contributed by atoms with Gasteiger partial charge in [-0.05, 0) is 52.0 Å². The number of pyridine rings is 1. The number of nitrogens with zero attached hydrogens (tertiary/aromatic N) is 4. The van der Waals surface area contributed by atoms with E-state index in [0.29, 0.717) is 37.6 Å². The molecule has 0 aliphatic carbocycles. The number of aryl methyl sites for hydroxylation is 1. The Labute approximate surface area is 196 Å². The van der Waals surface area contributed by atoms with E-state index in [1.165, 1.54) is 22.7 Å². The molecule has 10 heteroatoms. The maximum absolute atomic E-state index is 14.8. The van der Waals surface area contributed by atoms with E-state index >= 15 is 0 Å². The van der Waals surface area contributed by atoms with Crippen molar-refractivity contribution in [3.8, 4) is 0 Å². The van der Waals surface area contributed by atoms with Crippen LogP contribution in [0.25, 0.3) is 5.65 Å². The van der Waals surface area contributed by atoms with Crippen molar-refractivity contribution in [1.29, 1.82) is 0 Å². The zero-order chi connectivity index (χ0) is 24.6. The summed E-state index contributed by atoms with van der Waals surface area (Å²) in [5, 5.41) is 2.50. The number of carbonyl (C=O) groups excluding carboxylic acids is 2. The molecule has 3 aromatic rings. The van der Waals surface area contributed by atoms with E-state index < -0.39 is 23.1 Å². The van der Waals surface area contributed by atoms with Crippen molar-refractivity contribution >= 4 is 29.0 Å². The Bertz CT molecular complexity index is 1240. The summed E-state index contributed by atoms with van der Waals surface area (Å²) in [6.07, 6.45) is 2.69. The number of fused-ring (bicyclic) bond motifs is 1. The Balaban J connectivity index is 1.41. The molecule has 0 unspecified atom stereocenters. The molecular weight excluding hydrogens is 444 g/mol. The van der Waals surface area contributed by atoms with Crippen LogP contribution in [0.1, 0.15) is 36.8 Å². The highest BCUT2D eigenvalue weighted by molar-refractivity contribution is 6.04. The summed E-state index contributed by atoms with van der Waals surface area (Å²) in [6, 6.07) is 5.58. The number of carbonyl (C=O) groups is 2. The third kappa shape index (κ3) is 5.11. The van der Waals surface area contributed by atoms with Gasteiger partial charge < -0.3 is 24.3 Å². The highest BCUT2D eigenvalue weighted by Gasteiger charge is 2.26. The molecule has 1 aliphatic heterocycles. The summed E-state index contributed by atoms with van der Waals surface area (Å²) in [6.45, 7) is 9.13. The van der Waals surface area contributed by atoms with E-state index in [0.717, 1.165) is 6.07 Å². The van der Waals surface area contributed by atoms with Crippen molar-refractivity contribution in [3.63, 3.8) is 0 Å². The zero-order valence-corrected chi connectivity index (χ0v) is 19.6. The van der Waals surface area contributed by atoms with Crippen molar-refractivity contribution in [2.75, 3.05) is 36.4 Å². The number of piperazine rings is 1. The van der Waals surface area contributed by atoms with Crippen LogP contribution >= 0.6 is 0 Å². The average molecular weight is 472 g/mol. The molecule has 1 N–H and O–H groups in total. The van der Waals surface area contributed by atoms with Gasteiger partial charge in [0.15, 0.2) is 11.5 Å². The second-order valence-electron chi connectivity index (χ2n) is 9.26. The number of imidazole rings is 1. The van der Waals surface area contributed by atoms with Gasteiger partial charge in [-0.2, -0.15) is 0 Å². The lowest BCUT2D eigenvalue weighted by atomic mass is 10.2. The van der Waals surface area contributed by atoms with Crippen LogP contribution in [0.3, 0.4) is 0 Å². The average Bonchev–Trinajstić information content (AvgIpc) is 3.15. The maximum atomic E-state index is 14.8. The fourth-order valence-corrected chi connectivity index (χ4v) is 3.77. The lowest BCUT2D eigenvalue weighted by Crippen LogP contribution is -2.50. The van der Waals surface area contributed by atoms with Gasteiger partial charge in [0, 0.05) is 44.3 Å². The second kappa shape index (κ2) is 8.92. The normalized spacial score (nSPS) is 14.4. The summed E-state index contributed by atoms with van der Waals surface area (Å²) in [4.78, 5) is 32.5. The minimum atomic E-state index is -0.637. The fourth-order valence-electron chi connectivity index (χ4n) is 3.77. The van der Waals surface area contributed by atoms with Crippen molar-refractivity contribution in [1.82, 2.24) is 14.3 Å². The summed E-state index contributed by atoms with van der Waals surface area (Å²) in [7, 11) is 0. The smallest absolute Gasteiger partial charge is 0.410 e. The summed E-state index contributed by atoms with van der Waals surface area (Å²) < 4.78 is 35.9. The van der Waals surface area contributed by atoms with Crippen LogP contribution < -0.4 is 10.2 Å². The minimum absolute atomic E-state index is 0.0107. The maximum Gasteiger partial charge on any atom is 0.410 e. The van der Waals surface area contributed by atoms with Gasteiger partial charge in [-0.1, -0.05) is 0 Å². The Kier molecular flexibility index (Phi) is 6.16. The number of benzene rings is 1. The van der Waals surface area contributed by atoms with Crippen LogP contribution in [0.4, 0.5) is 25.0 Å². The quantitative estimate of drug-likeness (QED) is 0.619. The topological polar surface area (TPSA) is 79.2 Å². The van der Waals surface area contributed by atoms with Gasteiger partial charge in [0.2, 0.25) is 0 Å². The number of anilines is 2. The van der Waals surface area contributed by atoms with Crippen molar-refractivity contribution in [2.45, 2.75) is 33.3 Å². The highest BCUT2D eigenvalue weighted by atomic mass is 19.1. The molecule has 1 fully saturated rings. The molecule has 8 nitrogen and oxygen atoms in total. The van der Waals surface area contributed by atoms with E-state index in [1.54, 1.807) is 24.1 Å². The first-order valence-electron chi connectivity index (χ1n) is 11.0. The number of nitrogens with one attached hydrogen (secondary N) is 1. The third-order valence-electron chi connectivity index (χ3n) is 5.39. The first-order valence-corrected chi connectivity index (χ1v) is 11.0. The van der Waals surface area contributed by atoms with E-state index in [2.05, 4.69) is 10.3 Å². The van der Waals surface area contributed by atoms with Crippen LogP contribution in [0.2, 0.25) is 0 Å². The molecule has 0 radical (unpaired) electrons. The molecule has 180 valence electrons. The molecule has 34 heavy (non-hydrogen) atoms. The summed E-state index contributed by atoms with van der Waals surface area (Å²) >= 11 is 0.